The highest BCUT2D eigenvalue weighted by Crippen LogP contribution is 2.23. The van der Waals surface area contributed by atoms with Gasteiger partial charge in [-0.1, -0.05) is 0 Å². The van der Waals surface area contributed by atoms with Crippen LogP contribution in [0.2, 0.25) is 0 Å². The van der Waals surface area contributed by atoms with Crippen molar-refractivity contribution < 1.29 is 5.11 Å². The molecule has 1 rings (SSSR count). The van der Waals surface area contributed by atoms with Crippen molar-refractivity contribution in [1.29, 1.82) is 0 Å². The van der Waals surface area contributed by atoms with Crippen LogP contribution in [0.15, 0.2) is 11.4 Å². The average Bonchev–Trinajstić information content (AvgIpc) is 2.50. The van der Waals surface area contributed by atoms with Crippen molar-refractivity contribution in [3.05, 3.63) is 21.9 Å². The molecule has 0 spiro atoms. The van der Waals surface area contributed by atoms with Crippen LogP contribution in [-0.2, 0) is 0 Å². The van der Waals surface area contributed by atoms with Gasteiger partial charge < -0.3 is 10.4 Å². The van der Waals surface area contributed by atoms with Crippen molar-refractivity contribution in [3.8, 4) is 0 Å². The first-order valence-electron chi connectivity index (χ1n) is 5.06. The maximum atomic E-state index is 9.11. The SMILES string of the molecule is Cc1ccsc1C(C)NCCC(C)O. The second-order valence-corrected chi connectivity index (χ2v) is 4.73. The Hall–Kier alpha value is -0.380. The van der Waals surface area contributed by atoms with Crippen LogP contribution in [0.4, 0.5) is 0 Å². The van der Waals surface area contributed by atoms with E-state index in [2.05, 4.69) is 30.6 Å². The first-order valence-corrected chi connectivity index (χ1v) is 5.94. The molecule has 14 heavy (non-hydrogen) atoms. The van der Waals surface area contributed by atoms with Crippen molar-refractivity contribution in [2.75, 3.05) is 6.54 Å². The van der Waals surface area contributed by atoms with Crippen LogP contribution in [0.25, 0.3) is 0 Å². The van der Waals surface area contributed by atoms with Crippen LogP contribution in [0, 0.1) is 6.92 Å². The summed E-state index contributed by atoms with van der Waals surface area (Å²) < 4.78 is 0. The normalized spacial score (nSPS) is 15.4. The third kappa shape index (κ3) is 3.40. The number of rotatable bonds is 5. The van der Waals surface area contributed by atoms with E-state index in [0.717, 1.165) is 13.0 Å². The van der Waals surface area contributed by atoms with Gasteiger partial charge in [-0.3, -0.25) is 0 Å². The molecule has 0 radical (unpaired) electrons. The largest absolute Gasteiger partial charge is 0.393 e. The van der Waals surface area contributed by atoms with Gasteiger partial charge in [-0.05, 0) is 50.7 Å². The van der Waals surface area contributed by atoms with Crippen molar-refractivity contribution in [1.82, 2.24) is 5.32 Å². The number of nitrogens with one attached hydrogen (secondary N) is 1. The predicted molar refractivity (Wildman–Crippen MR) is 61.8 cm³/mol. The van der Waals surface area contributed by atoms with Gasteiger partial charge >= 0.3 is 0 Å². The van der Waals surface area contributed by atoms with Crippen molar-refractivity contribution >= 4 is 11.3 Å². The summed E-state index contributed by atoms with van der Waals surface area (Å²) in [5.74, 6) is 0. The van der Waals surface area contributed by atoms with Gasteiger partial charge in [-0.15, -0.1) is 11.3 Å². The summed E-state index contributed by atoms with van der Waals surface area (Å²) in [4.78, 5) is 1.40. The Kier molecular flexibility index (Phi) is 4.58. The molecule has 0 saturated carbocycles. The molecule has 0 aliphatic carbocycles. The Morgan fingerprint density at radius 3 is 2.71 bits per heavy atom. The molecular formula is C11H19NOS. The lowest BCUT2D eigenvalue weighted by molar-refractivity contribution is 0.182. The lowest BCUT2D eigenvalue weighted by atomic mass is 10.2. The summed E-state index contributed by atoms with van der Waals surface area (Å²) in [5, 5.41) is 14.6. The quantitative estimate of drug-likeness (QED) is 0.787. The zero-order chi connectivity index (χ0) is 10.6. The maximum absolute atomic E-state index is 9.11. The minimum atomic E-state index is -0.209. The van der Waals surface area contributed by atoms with E-state index in [4.69, 9.17) is 5.11 Å². The molecule has 1 heterocycles. The standard InChI is InChI=1S/C11H19NOS/c1-8-5-7-14-11(8)10(3)12-6-4-9(2)13/h5,7,9-10,12-13H,4,6H2,1-3H3. The van der Waals surface area contributed by atoms with Gasteiger partial charge in [0.25, 0.3) is 0 Å². The molecule has 3 heteroatoms. The second-order valence-electron chi connectivity index (χ2n) is 3.78. The Morgan fingerprint density at radius 1 is 1.50 bits per heavy atom. The zero-order valence-electron chi connectivity index (χ0n) is 9.08. The van der Waals surface area contributed by atoms with E-state index in [0.29, 0.717) is 6.04 Å². The lowest BCUT2D eigenvalue weighted by Gasteiger charge is -2.14. The van der Waals surface area contributed by atoms with E-state index in [9.17, 15) is 0 Å². The molecule has 1 aromatic heterocycles. The van der Waals surface area contributed by atoms with Gasteiger partial charge in [0, 0.05) is 10.9 Å². The number of aliphatic hydroxyl groups is 1. The number of hydrogen-bond donors (Lipinski definition) is 2. The highest BCUT2D eigenvalue weighted by atomic mass is 32.1. The van der Waals surface area contributed by atoms with Gasteiger partial charge in [0.2, 0.25) is 0 Å². The summed E-state index contributed by atoms with van der Waals surface area (Å²) in [6.07, 6.45) is 0.605. The predicted octanol–water partition coefficient (Wildman–Crippen LogP) is 2.48. The molecule has 2 unspecified atom stereocenters. The van der Waals surface area contributed by atoms with Crippen molar-refractivity contribution in [2.45, 2.75) is 39.3 Å². The minimum Gasteiger partial charge on any atom is -0.393 e. The fraction of sp³-hybridized carbons (Fsp3) is 0.636. The van der Waals surface area contributed by atoms with Crippen molar-refractivity contribution in [2.24, 2.45) is 0 Å². The highest BCUT2D eigenvalue weighted by molar-refractivity contribution is 7.10. The first-order chi connectivity index (χ1) is 6.61. The Balaban J connectivity index is 2.36. The summed E-state index contributed by atoms with van der Waals surface area (Å²) in [5.41, 5.74) is 1.35. The van der Waals surface area contributed by atoms with Gasteiger partial charge in [0.05, 0.1) is 6.10 Å². The molecule has 2 atom stereocenters. The molecule has 0 saturated heterocycles. The molecule has 2 N–H and O–H groups in total. The van der Waals surface area contributed by atoms with Crippen molar-refractivity contribution in [3.63, 3.8) is 0 Å². The number of thiophene rings is 1. The molecule has 80 valence electrons. The fourth-order valence-corrected chi connectivity index (χ4v) is 2.39. The molecule has 1 aromatic rings. The topological polar surface area (TPSA) is 32.3 Å². The Morgan fingerprint density at radius 2 is 2.21 bits per heavy atom. The van der Waals surface area contributed by atoms with Crippen LogP contribution in [0.5, 0.6) is 0 Å². The molecule has 2 nitrogen and oxygen atoms in total. The highest BCUT2D eigenvalue weighted by Gasteiger charge is 2.08. The van der Waals surface area contributed by atoms with Crippen LogP contribution in [0.3, 0.4) is 0 Å². The summed E-state index contributed by atoms with van der Waals surface area (Å²) in [6.45, 7) is 7.00. The monoisotopic (exact) mass is 213 g/mol. The molecule has 0 fully saturated rings. The van der Waals surface area contributed by atoms with Gasteiger partial charge in [0.15, 0.2) is 0 Å². The third-order valence-corrected chi connectivity index (χ3v) is 3.51. The first kappa shape index (κ1) is 11.7. The number of aryl methyl sites for hydroxylation is 1. The Bertz CT molecular complexity index is 270. The molecule has 0 aliphatic heterocycles. The van der Waals surface area contributed by atoms with Gasteiger partial charge in [0.1, 0.15) is 0 Å². The van der Waals surface area contributed by atoms with Gasteiger partial charge in [-0.25, -0.2) is 0 Å². The van der Waals surface area contributed by atoms with E-state index >= 15 is 0 Å². The van der Waals surface area contributed by atoms with E-state index in [1.165, 1.54) is 10.4 Å². The van der Waals surface area contributed by atoms with Crippen LogP contribution in [0.1, 0.15) is 36.8 Å². The molecule has 0 amide bonds. The maximum Gasteiger partial charge on any atom is 0.0524 e. The van der Waals surface area contributed by atoms with E-state index in [1.54, 1.807) is 11.3 Å². The van der Waals surface area contributed by atoms with Crippen LogP contribution in [-0.4, -0.2) is 17.8 Å². The minimum absolute atomic E-state index is 0.209. The number of hydrogen-bond acceptors (Lipinski definition) is 3. The average molecular weight is 213 g/mol. The summed E-state index contributed by atoms with van der Waals surface area (Å²) >= 11 is 1.79. The van der Waals surface area contributed by atoms with E-state index in [-0.39, 0.29) is 6.10 Å². The number of aliphatic hydroxyl groups excluding tert-OH is 1. The summed E-state index contributed by atoms with van der Waals surface area (Å²) in [7, 11) is 0. The fourth-order valence-electron chi connectivity index (χ4n) is 1.43. The van der Waals surface area contributed by atoms with E-state index < -0.39 is 0 Å². The smallest absolute Gasteiger partial charge is 0.0524 e. The molecular weight excluding hydrogens is 194 g/mol. The lowest BCUT2D eigenvalue weighted by Crippen LogP contribution is -2.22. The third-order valence-electron chi connectivity index (χ3n) is 2.31. The van der Waals surface area contributed by atoms with Crippen LogP contribution >= 0.6 is 11.3 Å². The molecule has 0 aromatic carbocycles. The van der Waals surface area contributed by atoms with E-state index in [1.807, 2.05) is 6.92 Å². The second kappa shape index (κ2) is 5.49. The zero-order valence-corrected chi connectivity index (χ0v) is 9.90. The van der Waals surface area contributed by atoms with Gasteiger partial charge in [-0.2, -0.15) is 0 Å². The summed E-state index contributed by atoms with van der Waals surface area (Å²) in [6, 6.07) is 2.54. The Labute approximate surface area is 90.0 Å². The van der Waals surface area contributed by atoms with Crippen LogP contribution < -0.4 is 5.32 Å². The molecule has 0 bridgehead atoms. The molecule has 0 aliphatic rings.